The Morgan fingerprint density at radius 1 is 1.20 bits per heavy atom. The summed E-state index contributed by atoms with van der Waals surface area (Å²) in [5.74, 6) is -0.0878. The topological polar surface area (TPSA) is 55.1 Å². The summed E-state index contributed by atoms with van der Waals surface area (Å²) >= 11 is 5.81. The van der Waals surface area contributed by atoms with E-state index < -0.39 is 0 Å². The number of rotatable bonds is 3. The van der Waals surface area contributed by atoms with Crippen molar-refractivity contribution in [3.8, 4) is 0 Å². The van der Waals surface area contributed by atoms with Crippen LogP contribution in [0.5, 0.6) is 0 Å². The van der Waals surface area contributed by atoms with Gasteiger partial charge in [-0.05, 0) is 35.9 Å². The molecular weight excluding hydrogens is 276 g/mol. The van der Waals surface area contributed by atoms with Gasteiger partial charge in [0.1, 0.15) is 5.52 Å². The van der Waals surface area contributed by atoms with Crippen molar-refractivity contribution < 1.29 is 9.21 Å². The van der Waals surface area contributed by atoms with Crippen LogP contribution in [-0.2, 0) is 11.2 Å². The Bertz CT molecular complexity index is 750. The van der Waals surface area contributed by atoms with E-state index in [-0.39, 0.29) is 5.91 Å². The molecule has 1 amide bonds. The van der Waals surface area contributed by atoms with E-state index in [9.17, 15) is 4.79 Å². The zero-order valence-electron chi connectivity index (χ0n) is 10.5. The number of nitrogens with one attached hydrogen (secondary N) is 1. The number of oxazole rings is 1. The maximum atomic E-state index is 12.0. The summed E-state index contributed by atoms with van der Waals surface area (Å²) in [7, 11) is 0. The number of carbonyl (C=O) groups is 1. The number of anilines is 1. The van der Waals surface area contributed by atoms with Crippen LogP contribution in [0.3, 0.4) is 0 Å². The average Bonchev–Trinajstić information content (AvgIpc) is 2.89. The molecule has 0 fully saturated rings. The monoisotopic (exact) mass is 286 g/mol. The van der Waals surface area contributed by atoms with Gasteiger partial charge in [-0.3, -0.25) is 4.79 Å². The third-order valence-electron chi connectivity index (χ3n) is 2.89. The van der Waals surface area contributed by atoms with Crippen LogP contribution < -0.4 is 5.32 Å². The minimum absolute atomic E-state index is 0.0878. The summed E-state index contributed by atoms with van der Waals surface area (Å²) in [5, 5.41) is 3.49. The van der Waals surface area contributed by atoms with Crippen LogP contribution in [0.4, 0.5) is 5.69 Å². The fourth-order valence-electron chi connectivity index (χ4n) is 1.93. The Balaban J connectivity index is 1.70. The third kappa shape index (κ3) is 2.81. The van der Waals surface area contributed by atoms with Crippen molar-refractivity contribution in [3.63, 3.8) is 0 Å². The molecule has 0 aliphatic rings. The summed E-state index contributed by atoms with van der Waals surface area (Å²) < 4.78 is 5.15. The van der Waals surface area contributed by atoms with Crippen molar-refractivity contribution in [1.82, 2.24) is 4.98 Å². The Morgan fingerprint density at radius 3 is 2.80 bits per heavy atom. The molecule has 0 radical (unpaired) electrons. The lowest BCUT2D eigenvalue weighted by Crippen LogP contribution is -2.14. The van der Waals surface area contributed by atoms with Crippen LogP contribution in [-0.4, -0.2) is 10.9 Å². The maximum absolute atomic E-state index is 12.0. The predicted octanol–water partition coefficient (Wildman–Crippen LogP) is 3.66. The van der Waals surface area contributed by atoms with Crippen molar-refractivity contribution in [2.24, 2.45) is 0 Å². The van der Waals surface area contributed by atoms with E-state index in [0.29, 0.717) is 28.2 Å². The second-order valence-electron chi connectivity index (χ2n) is 4.39. The minimum atomic E-state index is -0.0878. The SMILES string of the molecule is O=C(Cc1ccc(Cl)cc1)Nc1ccc2ocnc2c1. The third-order valence-corrected chi connectivity index (χ3v) is 3.14. The predicted molar refractivity (Wildman–Crippen MR) is 77.8 cm³/mol. The number of aromatic nitrogens is 1. The van der Waals surface area contributed by atoms with Crippen LogP contribution in [0, 0.1) is 0 Å². The van der Waals surface area contributed by atoms with E-state index in [1.807, 2.05) is 12.1 Å². The fraction of sp³-hybridized carbons (Fsp3) is 0.0667. The molecule has 2 aromatic carbocycles. The zero-order valence-corrected chi connectivity index (χ0v) is 11.2. The highest BCUT2D eigenvalue weighted by atomic mass is 35.5. The lowest BCUT2D eigenvalue weighted by Gasteiger charge is -2.05. The molecule has 0 bridgehead atoms. The van der Waals surface area contributed by atoms with Gasteiger partial charge in [-0.15, -0.1) is 0 Å². The first-order valence-corrected chi connectivity index (χ1v) is 6.46. The number of hydrogen-bond acceptors (Lipinski definition) is 3. The number of hydrogen-bond donors (Lipinski definition) is 1. The maximum Gasteiger partial charge on any atom is 0.228 e. The van der Waals surface area contributed by atoms with Gasteiger partial charge in [0.2, 0.25) is 5.91 Å². The van der Waals surface area contributed by atoms with Gasteiger partial charge in [-0.2, -0.15) is 0 Å². The van der Waals surface area contributed by atoms with Crippen LogP contribution in [0.2, 0.25) is 5.02 Å². The Kier molecular flexibility index (Phi) is 3.39. The molecule has 0 unspecified atom stereocenters. The van der Waals surface area contributed by atoms with E-state index in [1.54, 1.807) is 30.3 Å². The lowest BCUT2D eigenvalue weighted by molar-refractivity contribution is -0.115. The number of carbonyl (C=O) groups excluding carboxylic acids is 1. The van der Waals surface area contributed by atoms with Crippen LogP contribution in [0.15, 0.2) is 53.3 Å². The second kappa shape index (κ2) is 5.35. The van der Waals surface area contributed by atoms with Crippen molar-refractivity contribution >= 4 is 34.3 Å². The van der Waals surface area contributed by atoms with Gasteiger partial charge in [0.05, 0.1) is 6.42 Å². The molecule has 0 aliphatic heterocycles. The molecule has 3 aromatic rings. The standard InChI is InChI=1S/C15H11ClN2O2/c16-11-3-1-10(2-4-11)7-15(19)18-12-5-6-14-13(8-12)17-9-20-14/h1-6,8-9H,7H2,(H,18,19). The van der Waals surface area contributed by atoms with Crippen LogP contribution >= 0.6 is 11.6 Å². The number of benzene rings is 2. The molecule has 1 heterocycles. The Morgan fingerprint density at radius 2 is 2.00 bits per heavy atom. The molecule has 1 N–H and O–H groups in total. The first-order valence-electron chi connectivity index (χ1n) is 6.08. The van der Waals surface area contributed by atoms with Crippen molar-refractivity contribution in [3.05, 3.63) is 59.4 Å². The first kappa shape index (κ1) is 12.7. The fourth-order valence-corrected chi connectivity index (χ4v) is 2.05. The molecule has 5 heteroatoms. The van der Waals surface area contributed by atoms with Gasteiger partial charge in [-0.1, -0.05) is 23.7 Å². The number of nitrogens with zero attached hydrogens (tertiary/aromatic N) is 1. The van der Waals surface area contributed by atoms with Gasteiger partial charge in [0.15, 0.2) is 12.0 Å². The van der Waals surface area contributed by atoms with E-state index in [2.05, 4.69) is 10.3 Å². The van der Waals surface area contributed by atoms with E-state index >= 15 is 0 Å². The molecule has 0 saturated carbocycles. The molecule has 1 aromatic heterocycles. The highest BCUT2D eigenvalue weighted by molar-refractivity contribution is 6.30. The van der Waals surface area contributed by atoms with E-state index in [0.717, 1.165) is 5.56 Å². The number of amides is 1. The van der Waals surface area contributed by atoms with Crippen molar-refractivity contribution in [2.75, 3.05) is 5.32 Å². The minimum Gasteiger partial charge on any atom is -0.443 e. The number of halogens is 1. The molecule has 3 rings (SSSR count). The van der Waals surface area contributed by atoms with Gasteiger partial charge in [-0.25, -0.2) is 4.98 Å². The summed E-state index contributed by atoms with van der Waals surface area (Å²) in [4.78, 5) is 16.0. The van der Waals surface area contributed by atoms with Crippen molar-refractivity contribution in [1.29, 1.82) is 0 Å². The molecule has 0 atom stereocenters. The summed E-state index contributed by atoms with van der Waals surface area (Å²) in [6, 6.07) is 12.6. The smallest absolute Gasteiger partial charge is 0.228 e. The first-order chi connectivity index (χ1) is 9.70. The van der Waals surface area contributed by atoms with Crippen LogP contribution in [0.1, 0.15) is 5.56 Å². The second-order valence-corrected chi connectivity index (χ2v) is 4.82. The Labute approximate surface area is 120 Å². The molecule has 0 saturated heterocycles. The highest BCUT2D eigenvalue weighted by Gasteiger charge is 2.06. The lowest BCUT2D eigenvalue weighted by atomic mass is 10.1. The van der Waals surface area contributed by atoms with Gasteiger partial charge in [0, 0.05) is 10.7 Å². The molecular formula is C15H11ClN2O2. The summed E-state index contributed by atoms with van der Waals surface area (Å²) in [6.07, 6.45) is 1.68. The molecule has 100 valence electrons. The van der Waals surface area contributed by atoms with E-state index in [4.69, 9.17) is 16.0 Å². The zero-order chi connectivity index (χ0) is 13.9. The summed E-state index contributed by atoms with van der Waals surface area (Å²) in [6.45, 7) is 0. The normalized spacial score (nSPS) is 10.7. The number of fused-ring (bicyclic) bond motifs is 1. The summed E-state index contributed by atoms with van der Waals surface area (Å²) in [5.41, 5.74) is 3.02. The van der Waals surface area contributed by atoms with Crippen LogP contribution in [0.25, 0.3) is 11.1 Å². The molecule has 0 aliphatic carbocycles. The molecule has 0 spiro atoms. The van der Waals surface area contributed by atoms with Crippen molar-refractivity contribution in [2.45, 2.75) is 6.42 Å². The van der Waals surface area contributed by atoms with Gasteiger partial charge < -0.3 is 9.73 Å². The average molecular weight is 287 g/mol. The highest BCUT2D eigenvalue weighted by Crippen LogP contribution is 2.18. The quantitative estimate of drug-likeness (QED) is 0.799. The Hall–Kier alpha value is -2.33. The van der Waals surface area contributed by atoms with E-state index in [1.165, 1.54) is 6.39 Å². The largest absolute Gasteiger partial charge is 0.443 e. The van der Waals surface area contributed by atoms with Gasteiger partial charge >= 0.3 is 0 Å². The molecule has 20 heavy (non-hydrogen) atoms. The molecule has 4 nitrogen and oxygen atoms in total. The van der Waals surface area contributed by atoms with Gasteiger partial charge in [0.25, 0.3) is 0 Å².